The average Bonchev–Trinajstić information content (AvgIpc) is 3.21. The number of nitrogens with two attached hydrogens (primary N) is 1. The molecule has 5 rings (SSSR count). The Morgan fingerprint density at radius 1 is 1.23 bits per heavy atom. The number of amides is 1. The Kier molecular flexibility index (Phi) is 4.86. The first-order valence-electron chi connectivity index (χ1n) is 10.5. The van der Waals surface area contributed by atoms with E-state index in [-0.39, 0.29) is 12.0 Å². The fourth-order valence-corrected chi connectivity index (χ4v) is 5.73. The molecule has 6 heteroatoms. The maximum Gasteiger partial charge on any atom is 0.248 e. The molecule has 5 nitrogen and oxygen atoms in total. The van der Waals surface area contributed by atoms with Crippen LogP contribution in [-0.4, -0.2) is 22.0 Å². The van der Waals surface area contributed by atoms with E-state index in [4.69, 9.17) is 22.1 Å². The summed E-state index contributed by atoms with van der Waals surface area (Å²) in [6.07, 6.45) is 8.57. The van der Waals surface area contributed by atoms with E-state index in [9.17, 15) is 4.79 Å². The Hall–Kier alpha value is -2.66. The minimum Gasteiger partial charge on any atom is -0.490 e. The van der Waals surface area contributed by atoms with Gasteiger partial charge in [-0.15, -0.1) is 0 Å². The van der Waals surface area contributed by atoms with Gasteiger partial charge in [0.25, 0.3) is 0 Å². The molecule has 1 aromatic carbocycles. The van der Waals surface area contributed by atoms with Gasteiger partial charge in [0.05, 0.1) is 17.0 Å². The standard InChI is InChI=1S/C24H24ClN3O2/c1-2-15(17-9-13(25)3-4-16(17)24(26)29)23-18-10-14(11-19(18)23)30-22-6-8-28-21-5-7-27-12-20(21)22/h3-9,12,14-15,18-19,23H,2,10-11H2,1H3,(H2,26,29)/t14?,15-,18+,19+,23?/m1/s1. The summed E-state index contributed by atoms with van der Waals surface area (Å²) in [5.41, 5.74) is 8.13. The summed E-state index contributed by atoms with van der Waals surface area (Å²) in [7, 11) is 0. The number of halogens is 1. The molecule has 0 spiro atoms. The van der Waals surface area contributed by atoms with E-state index in [1.54, 1.807) is 24.5 Å². The monoisotopic (exact) mass is 421 g/mol. The Morgan fingerprint density at radius 3 is 2.77 bits per heavy atom. The van der Waals surface area contributed by atoms with E-state index >= 15 is 0 Å². The van der Waals surface area contributed by atoms with Crippen LogP contribution >= 0.6 is 11.6 Å². The van der Waals surface area contributed by atoms with E-state index in [0.717, 1.165) is 41.5 Å². The van der Waals surface area contributed by atoms with Crippen molar-refractivity contribution in [2.75, 3.05) is 0 Å². The number of aromatic nitrogens is 2. The predicted octanol–water partition coefficient (Wildman–Crippen LogP) is 4.98. The molecule has 0 radical (unpaired) electrons. The fraction of sp³-hybridized carbons (Fsp3) is 0.375. The summed E-state index contributed by atoms with van der Waals surface area (Å²) < 4.78 is 6.36. The highest BCUT2D eigenvalue weighted by Gasteiger charge is 2.59. The summed E-state index contributed by atoms with van der Waals surface area (Å²) in [5.74, 6) is 2.56. The molecule has 3 aromatic rings. The van der Waals surface area contributed by atoms with Crippen molar-refractivity contribution in [3.8, 4) is 5.75 Å². The maximum atomic E-state index is 12.0. The molecule has 0 aliphatic heterocycles. The molecule has 30 heavy (non-hydrogen) atoms. The molecular weight excluding hydrogens is 398 g/mol. The summed E-state index contributed by atoms with van der Waals surface area (Å²) in [4.78, 5) is 20.5. The van der Waals surface area contributed by atoms with Gasteiger partial charge in [-0.2, -0.15) is 0 Å². The third-order valence-corrected chi connectivity index (χ3v) is 7.08. The molecule has 154 valence electrons. The second-order valence-electron chi connectivity index (χ2n) is 8.43. The first-order valence-corrected chi connectivity index (χ1v) is 10.9. The highest BCUT2D eigenvalue weighted by atomic mass is 35.5. The number of primary amides is 1. The first kappa shape index (κ1) is 19.3. The minimum absolute atomic E-state index is 0.203. The normalized spacial score (nSPS) is 23.9. The van der Waals surface area contributed by atoms with Crippen molar-refractivity contribution in [3.63, 3.8) is 0 Å². The van der Waals surface area contributed by atoms with Gasteiger partial charge in [0.2, 0.25) is 5.91 Å². The highest BCUT2D eigenvalue weighted by molar-refractivity contribution is 6.30. The summed E-state index contributed by atoms with van der Waals surface area (Å²) in [5, 5.41) is 1.60. The zero-order chi connectivity index (χ0) is 20.8. The van der Waals surface area contributed by atoms with Crippen molar-refractivity contribution in [1.82, 2.24) is 9.97 Å². The van der Waals surface area contributed by atoms with E-state index in [0.29, 0.717) is 34.3 Å². The second-order valence-corrected chi connectivity index (χ2v) is 8.87. The smallest absolute Gasteiger partial charge is 0.248 e. The van der Waals surface area contributed by atoms with Gasteiger partial charge in [0.15, 0.2) is 0 Å². The number of fused-ring (bicyclic) bond motifs is 2. The van der Waals surface area contributed by atoms with Crippen molar-refractivity contribution >= 4 is 28.4 Å². The molecule has 0 bridgehead atoms. The number of carbonyl (C=O) groups excluding carboxylic acids is 1. The first-order chi connectivity index (χ1) is 14.6. The van der Waals surface area contributed by atoms with Crippen LogP contribution in [0.15, 0.2) is 48.9 Å². The number of benzene rings is 1. The summed E-state index contributed by atoms with van der Waals surface area (Å²) in [6.45, 7) is 2.18. The molecular formula is C24H24ClN3O2. The van der Waals surface area contributed by atoms with E-state index in [2.05, 4.69) is 16.9 Å². The van der Waals surface area contributed by atoms with E-state index < -0.39 is 0 Å². The topological polar surface area (TPSA) is 78.1 Å². The molecule has 3 atom stereocenters. The number of hydrogen-bond acceptors (Lipinski definition) is 4. The molecule has 0 saturated heterocycles. The van der Waals surface area contributed by atoms with Crippen molar-refractivity contribution < 1.29 is 9.53 Å². The zero-order valence-corrected chi connectivity index (χ0v) is 17.5. The SMILES string of the molecule is CC[C@H](c1cc(Cl)ccc1C(N)=O)C1[C@H]2CC(Oc3ccnc4ccncc34)C[C@H]12. The van der Waals surface area contributed by atoms with Gasteiger partial charge in [-0.1, -0.05) is 18.5 Å². The Balaban J connectivity index is 1.32. The number of rotatable bonds is 6. The van der Waals surface area contributed by atoms with Crippen LogP contribution < -0.4 is 10.5 Å². The molecule has 0 unspecified atom stereocenters. The molecule has 2 aromatic heterocycles. The molecule has 2 saturated carbocycles. The van der Waals surface area contributed by atoms with Crippen LogP contribution in [0, 0.1) is 17.8 Å². The lowest BCUT2D eigenvalue weighted by atomic mass is 9.84. The molecule has 2 fully saturated rings. The summed E-state index contributed by atoms with van der Waals surface area (Å²) in [6, 6.07) is 9.25. The zero-order valence-electron chi connectivity index (χ0n) is 16.8. The number of carbonyl (C=O) groups is 1. The third kappa shape index (κ3) is 3.31. The molecule has 2 aliphatic rings. The second kappa shape index (κ2) is 7.55. The molecule has 2 aliphatic carbocycles. The van der Waals surface area contributed by atoms with Gasteiger partial charge in [-0.25, -0.2) is 0 Å². The van der Waals surface area contributed by atoms with Crippen LogP contribution in [0.25, 0.3) is 10.9 Å². The maximum absolute atomic E-state index is 12.0. The number of pyridine rings is 2. The Morgan fingerprint density at radius 2 is 2.03 bits per heavy atom. The van der Waals surface area contributed by atoms with Crippen LogP contribution in [0.2, 0.25) is 5.02 Å². The number of nitrogens with zero attached hydrogens (tertiary/aromatic N) is 2. The van der Waals surface area contributed by atoms with E-state index in [1.165, 1.54) is 0 Å². The lowest BCUT2D eigenvalue weighted by molar-refractivity contribution is 0.0998. The van der Waals surface area contributed by atoms with E-state index in [1.807, 2.05) is 24.4 Å². The van der Waals surface area contributed by atoms with Gasteiger partial charge in [-0.05, 0) is 78.8 Å². The molecule has 2 N–H and O–H groups in total. The Labute approximate surface area is 180 Å². The van der Waals surface area contributed by atoms with Gasteiger partial charge in [0, 0.05) is 29.2 Å². The third-order valence-electron chi connectivity index (χ3n) is 6.85. The largest absolute Gasteiger partial charge is 0.490 e. The quantitative estimate of drug-likeness (QED) is 0.608. The van der Waals surface area contributed by atoms with Crippen molar-refractivity contribution in [1.29, 1.82) is 0 Å². The van der Waals surface area contributed by atoms with Gasteiger partial charge >= 0.3 is 0 Å². The van der Waals surface area contributed by atoms with Crippen LogP contribution in [0.5, 0.6) is 5.75 Å². The number of ether oxygens (including phenoxy) is 1. The van der Waals surface area contributed by atoms with Crippen molar-refractivity contribution in [3.05, 3.63) is 65.1 Å². The minimum atomic E-state index is -0.384. The van der Waals surface area contributed by atoms with Crippen LogP contribution in [0.4, 0.5) is 0 Å². The molecule has 2 heterocycles. The highest BCUT2D eigenvalue weighted by Crippen LogP contribution is 2.64. The fourth-order valence-electron chi connectivity index (χ4n) is 5.55. The lowest BCUT2D eigenvalue weighted by Gasteiger charge is -2.23. The van der Waals surface area contributed by atoms with Gasteiger partial charge in [0.1, 0.15) is 5.75 Å². The molecule has 1 amide bonds. The van der Waals surface area contributed by atoms with Gasteiger partial charge in [-0.3, -0.25) is 14.8 Å². The van der Waals surface area contributed by atoms with Gasteiger partial charge < -0.3 is 10.5 Å². The Bertz CT molecular complexity index is 1100. The van der Waals surface area contributed by atoms with Crippen LogP contribution in [0.3, 0.4) is 0 Å². The number of hydrogen-bond donors (Lipinski definition) is 1. The van der Waals surface area contributed by atoms with Crippen molar-refractivity contribution in [2.24, 2.45) is 23.5 Å². The predicted molar refractivity (Wildman–Crippen MR) is 117 cm³/mol. The lowest BCUT2D eigenvalue weighted by Crippen LogP contribution is -2.20. The summed E-state index contributed by atoms with van der Waals surface area (Å²) >= 11 is 6.25. The van der Waals surface area contributed by atoms with Crippen LogP contribution in [-0.2, 0) is 0 Å². The average molecular weight is 422 g/mol. The van der Waals surface area contributed by atoms with Crippen molar-refractivity contribution in [2.45, 2.75) is 38.2 Å². The van der Waals surface area contributed by atoms with Crippen LogP contribution in [0.1, 0.15) is 48.0 Å².